The van der Waals surface area contributed by atoms with Gasteiger partial charge in [0.1, 0.15) is 0 Å². The zero-order valence-corrected chi connectivity index (χ0v) is 11.2. The number of aromatic amines is 1. The Balaban J connectivity index is 2.16. The summed E-state index contributed by atoms with van der Waals surface area (Å²) in [5, 5.41) is 1.14. The van der Waals surface area contributed by atoms with E-state index in [0.29, 0.717) is 12.5 Å². The van der Waals surface area contributed by atoms with Gasteiger partial charge in [0, 0.05) is 30.2 Å². The van der Waals surface area contributed by atoms with Gasteiger partial charge in [-0.05, 0) is 25.0 Å². The Kier molecular flexibility index (Phi) is 3.70. The zero-order chi connectivity index (χ0) is 13.1. The molecule has 0 saturated heterocycles. The molecule has 0 saturated carbocycles. The van der Waals surface area contributed by atoms with Crippen LogP contribution < -0.4 is 0 Å². The molecule has 0 aliphatic heterocycles. The molecule has 2 rings (SSSR count). The lowest BCUT2D eigenvalue weighted by Gasteiger charge is -2.23. The van der Waals surface area contributed by atoms with Crippen LogP contribution >= 0.6 is 0 Å². The van der Waals surface area contributed by atoms with Gasteiger partial charge in [-0.2, -0.15) is 0 Å². The van der Waals surface area contributed by atoms with Crippen molar-refractivity contribution in [3.63, 3.8) is 0 Å². The van der Waals surface area contributed by atoms with Crippen LogP contribution in [0.2, 0.25) is 0 Å². The second kappa shape index (κ2) is 5.25. The summed E-state index contributed by atoms with van der Waals surface area (Å²) in [4.78, 5) is 17.2. The molecule has 0 radical (unpaired) electrons. The van der Waals surface area contributed by atoms with Gasteiger partial charge in [0.2, 0.25) is 5.91 Å². The van der Waals surface area contributed by atoms with Crippen molar-refractivity contribution in [3.05, 3.63) is 36.0 Å². The van der Waals surface area contributed by atoms with E-state index in [0.717, 1.165) is 22.9 Å². The highest BCUT2D eigenvalue weighted by molar-refractivity contribution is 5.88. The molecule has 0 spiro atoms. The Morgan fingerprint density at radius 2 is 2.11 bits per heavy atom. The first kappa shape index (κ1) is 12.7. The molecular formula is C15H20N2O. The van der Waals surface area contributed by atoms with E-state index >= 15 is 0 Å². The van der Waals surface area contributed by atoms with Gasteiger partial charge in [-0.3, -0.25) is 4.79 Å². The van der Waals surface area contributed by atoms with E-state index in [2.05, 4.69) is 24.9 Å². The fraction of sp³-hybridized carbons (Fsp3) is 0.400. The molecule has 1 unspecified atom stereocenters. The summed E-state index contributed by atoms with van der Waals surface area (Å²) < 4.78 is 0. The molecule has 1 aromatic heterocycles. The third kappa shape index (κ3) is 2.40. The molecular weight excluding hydrogens is 224 g/mol. The molecule has 0 aliphatic carbocycles. The smallest absolute Gasteiger partial charge is 0.227 e. The predicted molar refractivity (Wildman–Crippen MR) is 74.5 cm³/mol. The molecule has 1 amide bonds. The van der Waals surface area contributed by atoms with Crippen LogP contribution in [0.25, 0.3) is 10.9 Å². The Morgan fingerprint density at radius 3 is 2.83 bits per heavy atom. The molecule has 1 aromatic carbocycles. The van der Waals surface area contributed by atoms with Gasteiger partial charge in [0.05, 0.1) is 6.42 Å². The summed E-state index contributed by atoms with van der Waals surface area (Å²) in [6.07, 6.45) is 3.38. The summed E-state index contributed by atoms with van der Waals surface area (Å²) in [5.74, 6) is 0.175. The van der Waals surface area contributed by atoms with Crippen LogP contribution in [0.15, 0.2) is 30.5 Å². The molecule has 2 aromatic rings. The molecule has 1 N–H and O–H groups in total. The topological polar surface area (TPSA) is 36.1 Å². The average molecular weight is 244 g/mol. The Hall–Kier alpha value is -1.77. The van der Waals surface area contributed by atoms with Gasteiger partial charge < -0.3 is 9.88 Å². The minimum Gasteiger partial charge on any atom is -0.361 e. The quantitative estimate of drug-likeness (QED) is 0.882. The van der Waals surface area contributed by atoms with Crippen LogP contribution in [0.5, 0.6) is 0 Å². The third-order valence-electron chi connectivity index (χ3n) is 3.66. The van der Waals surface area contributed by atoms with Crippen LogP contribution in [0, 0.1) is 0 Å². The van der Waals surface area contributed by atoms with Crippen molar-refractivity contribution in [2.45, 2.75) is 32.7 Å². The number of H-pyrrole nitrogens is 1. The number of benzene rings is 1. The number of nitrogens with one attached hydrogen (secondary N) is 1. The molecule has 3 heteroatoms. The number of carbonyl (C=O) groups excluding carboxylic acids is 1. The van der Waals surface area contributed by atoms with E-state index in [9.17, 15) is 4.79 Å². The summed E-state index contributed by atoms with van der Waals surface area (Å²) >= 11 is 0. The van der Waals surface area contributed by atoms with Gasteiger partial charge in [-0.1, -0.05) is 25.1 Å². The molecule has 0 fully saturated rings. The monoisotopic (exact) mass is 244 g/mol. The van der Waals surface area contributed by atoms with Crippen molar-refractivity contribution in [3.8, 4) is 0 Å². The summed E-state index contributed by atoms with van der Waals surface area (Å²) in [6.45, 7) is 4.17. The van der Waals surface area contributed by atoms with Crippen LogP contribution in [0.3, 0.4) is 0 Å². The molecule has 18 heavy (non-hydrogen) atoms. The second-order valence-corrected chi connectivity index (χ2v) is 4.80. The average Bonchev–Trinajstić information content (AvgIpc) is 2.80. The first-order chi connectivity index (χ1) is 8.63. The van der Waals surface area contributed by atoms with Crippen molar-refractivity contribution < 1.29 is 4.79 Å². The van der Waals surface area contributed by atoms with E-state index in [-0.39, 0.29) is 5.91 Å². The number of rotatable bonds is 4. The van der Waals surface area contributed by atoms with Crippen LogP contribution in [0.4, 0.5) is 0 Å². The number of amides is 1. The zero-order valence-electron chi connectivity index (χ0n) is 11.2. The van der Waals surface area contributed by atoms with Crippen molar-refractivity contribution in [1.29, 1.82) is 0 Å². The van der Waals surface area contributed by atoms with Gasteiger partial charge >= 0.3 is 0 Å². The number of carbonyl (C=O) groups is 1. The highest BCUT2D eigenvalue weighted by atomic mass is 16.2. The minimum absolute atomic E-state index is 0.175. The van der Waals surface area contributed by atoms with Gasteiger partial charge in [-0.25, -0.2) is 0 Å². The van der Waals surface area contributed by atoms with Crippen LogP contribution in [-0.4, -0.2) is 28.9 Å². The minimum atomic E-state index is 0.175. The lowest BCUT2D eigenvalue weighted by Crippen LogP contribution is -2.35. The standard InChI is InChI=1S/C15H20N2O/c1-4-11(2)17(3)15(18)9-12-10-16-14-8-6-5-7-13(12)14/h5-8,10-11,16H,4,9H2,1-3H3. The number of hydrogen-bond acceptors (Lipinski definition) is 1. The third-order valence-corrected chi connectivity index (χ3v) is 3.66. The Bertz CT molecular complexity index is 544. The summed E-state index contributed by atoms with van der Waals surface area (Å²) in [5.41, 5.74) is 2.16. The molecule has 0 aliphatic rings. The fourth-order valence-corrected chi connectivity index (χ4v) is 2.09. The molecule has 1 atom stereocenters. The summed E-state index contributed by atoms with van der Waals surface area (Å²) in [7, 11) is 1.88. The first-order valence-electron chi connectivity index (χ1n) is 6.44. The van der Waals surface area contributed by atoms with E-state index < -0.39 is 0 Å². The summed E-state index contributed by atoms with van der Waals surface area (Å²) in [6, 6.07) is 8.38. The van der Waals surface area contributed by atoms with E-state index in [1.807, 2.05) is 36.3 Å². The Morgan fingerprint density at radius 1 is 1.39 bits per heavy atom. The second-order valence-electron chi connectivity index (χ2n) is 4.80. The van der Waals surface area contributed by atoms with Gasteiger partial charge in [0.25, 0.3) is 0 Å². The highest BCUT2D eigenvalue weighted by Crippen LogP contribution is 2.19. The number of hydrogen-bond donors (Lipinski definition) is 1. The van der Waals surface area contributed by atoms with E-state index in [1.54, 1.807) is 0 Å². The number of fused-ring (bicyclic) bond motifs is 1. The van der Waals surface area contributed by atoms with Crippen LogP contribution in [-0.2, 0) is 11.2 Å². The predicted octanol–water partition coefficient (Wildman–Crippen LogP) is 2.97. The molecule has 96 valence electrons. The normalized spacial score (nSPS) is 12.6. The fourth-order valence-electron chi connectivity index (χ4n) is 2.09. The number of nitrogens with zero attached hydrogens (tertiary/aromatic N) is 1. The number of para-hydroxylation sites is 1. The Labute approximate surface area is 108 Å². The first-order valence-corrected chi connectivity index (χ1v) is 6.44. The SMILES string of the molecule is CCC(C)N(C)C(=O)Cc1c[nH]c2ccccc12. The van der Waals surface area contributed by atoms with Crippen molar-refractivity contribution >= 4 is 16.8 Å². The van der Waals surface area contributed by atoms with E-state index in [1.165, 1.54) is 0 Å². The maximum absolute atomic E-state index is 12.2. The van der Waals surface area contributed by atoms with Gasteiger partial charge in [-0.15, -0.1) is 0 Å². The van der Waals surface area contributed by atoms with Gasteiger partial charge in [0.15, 0.2) is 0 Å². The highest BCUT2D eigenvalue weighted by Gasteiger charge is 2.16. The molecule has 0 bridgehead atoms. The van der Waals surface area contributed by atoms with Crippen molar-refractivity contribution in [2.24, 2.45) is 0 Å². The number of aromatic nitrogens is 1. The molecule has 1 heterocycles. The maximum Gasteiger partial charge on any atom is 0.227 e. The maximum atomic E-state index is 12.2. The largest absolute Gasteiger partial charge is 0.361 e. The van der Waals surface area contributed by atoms with Crippen molar-refractivity contribution in [2.75, 3.05) is 7.05 Å². The number of likely N-dealkylation sites (N-methyl/N-ethyl adjacent to an activating group) is 1. The van der Waals surface area contributed by atoms with Crippen molar-refractivity contribution in [1.82, 2.24) is 9.88 Å². The lowest BCUT2D eigenvalue weighted by molar-refractivity contribution is -0.130. The molecule has 3 nitrogen and oxygen atoms in total. The lowest BCUT2D eigenvalue weighted by atomic mass is 10.1. The van der Waals surface area contributed by atoms with E-state index in [4.69, 9.17) is 0 Å². The van der Waals surface area contributed by atoms with Crippen LogP contribution in [0.1, 0.15) is 25.8 Å².